The molecule has 1 rings (SSSR count). The molecule has 1 saturated heterocycles. The third kappa shape index (κ3) is 27.4. The minimum atomic E-state index is -4.62. The first-order chi connectivity index (χ1) is 27.0. The first-order valence-corrected chi connectivity index (χ1v) is 21.8. The van der Waals surface area contributed by atoms with Crippen molar-refractivity contribution in [1.29, 1.82) is 0 Å². The summed E-state index contributed by atoms with van der Waals surface area (Å²) in [6.07, 6.45) is 32.4. The van der Waals surface area contributed by atoms with Crippen molar-refractivity contribution in [3.63, 3.8) is 0 Å². The van der Waals surface area contributed by atoms with E-state index in [-0.39, 0.29) is 19.4 Å². The van der Waals surface area contributed by atoms with Crippen LogP contribution in [0.4, 0.5) is 0 Å². The molecule has 0 aromatic heterocycles. The number of unbranched alkanes of at least 4 members (excludes halogenated alkanes) is 6. The molecule has 0 bridgehead atoms. The van der Waals surface area contributed by atoms with Crippen LogP contribution in [0, 0.1) is 0 Å². The van der Waals surface area contributed by atoms with Crippen LogP contribution in [-0.2, 0) is 38.7 Å². The van der Waals surface area contributed by atoms with Crippen LogP contribution in [0.25, 0.3) is 0 Å². The molecular weight excluding hydrogens is 741 g/mol. The van der Waals surface area contributed by atoms with E-state index in [1.165, 1.54) is 0 Å². The Morgan fingerprint density at radius 1 is 0.643 bits per heavy atom. The minimum absolute atomic E-state index is 0.0757. The maximum atomic E-state index is 12.7. The van der Waals surface area contributed by atoms with Gasteiger partial charge in [-0.25, -0.2) is 0 Å². The van der Waals surface area contributed by atoms with Gasteiger partial charge in [-0.05, 0) is 64.2 Å². The molecule has 1 fully saturated rings. The third-order valence-corrected chi connectivity index (χ3v) is 9.22. The zero-order valence-electron chi connectivity index (χ0n) is 33.4. The van der Waals surface area contributed by atoms with Crippen molar-refractivity contribution in [2.24, 2.45) is 0 Å². The van der Waals surface area contributed by atoms with E-state index in [4.69, 9.17) is 18.9 Å². The third-order valence-electron chi connectivity index (χ3n) is 8.47. The van der Waals surface area contributed by atoms with Gasteiger partial charge in [-0.15, -0.1) is 0 Å². The van der Waals surface area contributed by atoms with E-state index in [9.17, 15) is 37.9 Å². The Labute approximate surface area is 335 Å². The van der Waals surface area contributed by atoms with Gasteiger partial charge in [-0.1, -0.05) is 125 Å². The second-order valence-corrected chi connectivity index (χ2v) is 15.1. The van der Waals surface area contributed by atoms with Gasteiger partial charge in [0.15, 0.2) is 12.4 Å². The molecule has 0 radical (unpaired) electrons. The highest BCUT2D eigenvalue weighted by Gasteiger charge is 2.46. The molecule has 56 heavy (non-hydrogen) atoms. The van der Waals surface area contributed by atoms with Gasteiger partial charge in [0.1, 0.15) is 36.8 Å². The quantitative estimate of drug-likeness (QED) is 0.0237. The van der Waals surface area contributed by atoms with Crippen LogP contribution in [0.3, 0.4) is 0 Å². The van der Waals surface area contributed by atoms with Crippen molar-refractivity contribution in [2.45, 2.75) is 153 Å². The van der Waals surface area contributed by atoms with Crippen molar-refractivity contribution in [2.75, 3.05) is 19.0 Å². The summed E-state index contributed by atoms with van der Waals surface area (Å²) < 4.78 is 53.7. The fourth-order valence-electron chi connectivity index (χ4n) is 5.38. The number of allylic oxidation sites excluding steroid dienone is 13. The molecule has 0 aromatic carbocycles. The SMILES string of the molecule is CC/C=C\C/C=C\C/C=C\C/C=C\C/C=C\CC(=O)OC(COC(=O)CCCCCCC/C=C\C/C=C\CCC)COC1OC(CS(=O)(=O)O)C(O)C(O)C1O. The number of hydrogen-bond donors (Lipinski definition) is 4. The average Bonchev–Trinajstić information content (AvgIpc) is 3.16. The number of ether oxygens (including phenoxy) is 4. The van der Waals surface area contributed by atoms with Crippen molar-refractivity contribution < 1.29 is 56.8 Å². The molecule has 1 heterocycles. The smallest absolute Gasteiger partial charge is 0.310 e. The van der Waals surface area contributed by atoms with Gasteiger partial charge in [0.25, 0.3) is 10.1 Å². The van der Waals surface area contributed by atoms with Gasteiger partial charge >= 0.3 is 11.9 Å². The molecule has 318 valence electrons. The number of aliphatic hydroxyl groups is 3. The Bertz CT molecular complexity index is 1360. The molecule has 6 atom stereocenters. The van der Waals surface area contributed by atoms with Gasteiger partial charge in [0.05, 0.1) is 13.0 Å². The second kappa shape index (κ2) is 32.9. The van der Waals surface area contributed by atoms with Crippen molar-refractivity contribution >= 4 is 22.1 Å². The molecule has 0 aromatic rings. The van der Waals surface area contributed by atoms with Gasteiger partial charge < -0.3 is 34.3 Å². The molecule has 0 saturated carbocycles. The summed E-state index contributed by atoms with van der Waals surface area (Å²) in [7, 11) is -4.62. The Balaban J connectivity index is 2.59. The van der Waals surface area contributed by atoms with Gasteiger partial charge in [0, 0.05) is 6.42 Å². The first kappa shape index (κ1) is 50.8. The van der Waals surface area contributed by atoms with Crippen LogP contribution in [0.2, 0.25) is 0 Å². The van der Waals surface area contributed by atoms with E-state index in [2.05, 4.69) is 74.6 Å². The maximum Gasteiger partial charge on any atom is 0.310 e. The Morgan fingerprint density at radius 3 is 1.77 bits per heavy atom. The predicted molar refractivity (Wildman–Crippen MR) is 219 cm³/mol. The van der Waals surface area contributed by atoms with Gasteiger partial charge in [0.2, 0.25) is 0 Å². The Kier molecular flexibility index (Phi) is 29.8. The zero-order chi connectivity index (χ0) is 41.3. The summed E-state index contributed by atoms with van der Waals surface area (Å²) in [6.45, 7) is 3.44. The van der Waals surface area contributed by atoms with Crippen molar-refractivity contribution in [3.05, 3.63) is 85.1 Å². The fourth-order valence-corrected chi connectivity index (χ4v) is 6.07. The van der Waals surface area contributed by atoms with Crippen LogP contribution < -0.4 is 0 Å². The number of hydrogen-bond acceptors (Lipinski definition) is 11. The van der Waals surface area contributed by atoms with E-state index in [1.54, 1.807) is 6.08 Å². The molecule has 0 amide bonds. The van der Waals surface area contributed by atoms with E-state index in [0.29, 0.717) is 12.8 Å². The highest BCUT2D eigenvalue weighted by Crippen LogP contribution is 2.23. The van der Waals surface area contributed by atoms with E-state index >= 15 is 0 Å². The number of carbonyl (C=O) groups excluding carboxylic acids is 2. The normalized spacial score (nSPS) is 21.6. The predicted octanol–water partition coefficient (Wildman–Crippen LogP) is 7.33. The standard InChI is InChI=1S/C43H68O12S/c1-3-5-7-9-11-13-15-17-18-20-22-24-26-28-30-32-39(45)54-36(34-53-43-42(48)41(47)40(46)37(55-43)35-56(49,50)51)33-52-38(44)31-29-27-25-23-21-19-16-14-12-10-8-6-4-2/h5,7-8,10-11,13-14,16-18,22,24,28,30,36-37,40-43,46-48H,3-4,6,9,12,15,19-21,23,25-27,29,31-35H2,1-2H3,(H,49,50,51)/b7-5-,10-8-,13-11-,16-14-,18-17-,24-22-,30-28-. The lowest BCUT2D eigenvalue weighted by atomic mass is 10.00. The van der Waals surface area contributed by atoms with E-state index < -0.39 is 71.2 Å². The topological polar surface area (TPSA) is 186 Å². The van der Waals surface area contributed by atoms with E-state index in [1.807, 2.05) is 18.2 Å². The first-order valence-electron chi connectivity index (χ1n) is 20.1. The summed E-state index contributed by atoms with van der Waals surface area (Å²) in [5.74, 6) is -2.18. The average molecular weight is 809 g/mol. The lowest BCUT2D eigenvalue weighted by molar-refractivity contribution is -0.297. The Morgan fingerprint density at radius 2 is 1.18 bits per heavy atom. The summed E-state index contributed by atoms with van der Waals surface area (Å²) in [5.41, 5.74) is 0. The summed E-state index contributed by atoms with van der Waals surface area (Å²) >= 11 is 0. The molecule has 4 N–H and O–H groups in total. The maximum absolute atomic E-state index is 12.7. The Hall–Kier alpha value is -3.17. The molecule has 1 aliphatic rings. The summed E-state index contributed by atoms with van der Waals surface area (Å²) in [4.78, 5) is 25.2. The summed E-state index contributed by atoms with van der Waals surface area (Å²) in [6, 6.07) is 0. The molecule has 0 aliphatic carbocycles. The zero-order valence-corrected chi connectivity index (χ0v) is 34.3. The van der Waals surface area contributed by atoms with E-state index in [0.717, 1.165) is 77.0 Å². The minimum Gasteiger partial charge on any atom is -0.462 e. The van der Waals surface area contributed by atoms with Crippen molar-refractivity contribution in [1.82, 2.24) is 0 Å². The molecule has 0 spiro atoms. The number of carbonyl (C=O) groups is 2. The molecule has 12 nitrogen and oxygen atoms in total. The highest BCUT2D eigenvalue weighted by atomic mass is 32.2. The number of esters is 2. The van der Waals surface area contributed by atoms with Gasteiger partial charge in [-0.3, -0.25) is 14.1 Å². The molecule has 13 heteroatoms. The monoisotopic (exact) mass is 808 g/mol. The van der Waals surface area contributed by atoms with Crippen LogP contribution in [0.5, 0.6) is 0 Å². The molecular formula is C43H68O12S. The lowest BCUT2D eigenvalue weighted by Crippen LogP contribution is -2.60. The summed E-state index contributed by atoms with van der Waals surface area (Å²) in [5, 5.41) is 30.8. The molecule has 6 unspecified atom stereocenters. The number of aliphatic hydroxyl groups excluding tert-OH is 3. The largest absolute Gasteiger partial charge is 0.462 e. The highest BCUT2D eigenvalue weighted by molar-refractivity contribution is 7.85. The van der Waals surface area contributed by atoms with Crippen LogP contribution in [0.15, 0.2) is 85.1 Å². The van der Waals surface area contributed by atoms with Crippen LogP contribution >= 0.6 is 0 Å². The van der Waals surface area contributed by atoms with Crippen LogP contribution in [-0.4, -0.2) is 96.0 Å². The fraction of sp³-hybridized carbons (Fsp3) is 0.628. The second-order valence-electron chi connectivity index (χ2n) is 13.6. The number of rotatable bonds is 31. The van der Waals surface area contributed by atoms with Crippen molar-refractivity contribution in [3.8, 4) is 0 Å². The van der Waals surface area contributed by atoms with Crippen LogP contribution in [0.1, 0.15) is 117 Å². The lowest BCUT2D eigenvalue weighted by Gasteiger charge is -2.40. The molecule has 1 aliphatic heterocycles. The van der Waals surface area contributed by atoms with Gasteiger partial charge in [-0.2, -0.15) is 8.42 Å².